The molecule has 1 rings (SSSR count). The normalized spacial score (nSPS) is 11.5. The van der Waals surface area contributed by atoms with Gasteiger partial charge in [0.1, 0.15) is 4.90 Å². The standard InChI is InChI=1S/C9H14ClN3O3S/c1-6-9(17(10,15)16)7(2)13(12-6)5-4-8(14)11-3/h4-5H2,1-3H3,(H,11,14). The Hall–Kier alpha value is -1.08. The highest BCUT2D eigenvalue weighted by Gasteiger charge is 2.22. The Balaban J connectivity index is 3.02. The smallest absolute Gasteiger partial charge is 0.264 e. The van der Waals surface area contributed by atoms with Gasteiger partial charge in [0.2, 0.25) is 5.91 Å². The first-order valence-electron chi connectivity index (χ1n) is 4.96. The van der Waals surface area contributed by atoms with Gasteiger partial charge in [0.15, 0.2) is 0 Å². The molecule has 0 aliphatic rings. The Kier molecular flexibility index (Phi) is 4.16. The van der Waals surface area contributed by atoms with Crippen molar-refractivity contribution in [2.45, 2.75) is 31.7 Å². The molecule has 0 saturated heterocycles. The second-order valence-electron chi connectivity index (χ2n) is 3.58. The molecular formula is C9H14ClN3O3S. The summed E-state index contributed by atoms with van der Waals surface area (Å²) in [6, 6.07) is 0. The predicted molar refractivity (Wildman–Crippen MR) is 63.4 cm³/mol. The van der Waals surface area contributed by atoms with Crippen molar-refractivity contribution >= 4 is 25.6 Å². The van der Waals surface area contributed by atoms with Crippen LogP contribution in [-0.2, 0) is 20.4 Å². The molecule has 0 unspecified atom stereocenters. The van der Waals surface area contributed by atoms with Gasteiger partial charge >= 0.3 is 0 Å². The molecule has 1 heterocycles. The van der Waals surface area contributed by atoms with Crippen LogP contribution < -0.4 is 5.32 Å². The first-order chi connectivity index (χ1) is 7.77. The van der Waals surface area contributed by atoms with Gasteiger partial charge in [-0.25, -0.2) is 8.42 Å². The first kappa shape index (κ1) is 14.0. The second kappa shape index (κ2) is 5.05. The molecule has 1 N–H and O–H groups in total. The Morgan fingerprint density at radius 2 is 2.06 bits per heavy atom. The zero-order chi connectivity index (χ0) is 13.2. The third kappa shape index (κ3) is 3.19. The number of hydrogen-bond acceptors (Lipinski definition) is 4. The van der Waals surface area contributed by atoms with Crippen LogP contribution >= 0.6 is 10.7 Å². The summed E-state index contributed by atoms with van der Waals surface area (Å²) in [5.74, 6) is -0.132. The van der Waals surface area contributed by atoms with Crippen molar-refractivity contribution in [3.63, 3.8) is 0 Å². The van der Waals surface area contributed by atoms with Crippen LogP contribution in [-0.4, -0.2) is 31.2 Å². The third-order valence-electron chi connectivity index (χ3n) is 2.39. The van der Waals surface area contributed by atoms with Crippen molar-refractivity contribution in [1.29, 1.82) is 0 Å². The van der Waals surface area contributed by atoms with Crippen molar-refractivity contribution in [3.8, 4) is 0 Å². The van der Waals surface area contributed by atoms with Crippen LogP contribution in [0.1, 0.15) is 17.8 Å². The number of nitrogens with zero attached hydrogens (tertiary/aromatic N) is 2. The topological polar surface area (TPSA) is 81.1 Å². The van der Waals surface area contributed by atoms with E-state index in [1.165, 1.54) is 11.7 Å². The van der Waals surface area contributed by atoms with Gasteiger partial charge < -0.3 is 5.32 Å². The van der Waals surface area contributed by atoms with Crippen molar-refractivity contribution in [1.82, 2.24) is 15.1 Å². The summed E-state index contributed by atoms with van der Waals surface area (Å²) in [5.41, 5.74) is 0.788. The highest BCUT2D eigenvalue weighted by Crippen LogP contribution is 2.23. The summed E-state index contributed by atoms with van der Waals surface area (Å²) in [5, 5.41) is 6.54. The second-order valence-corrected chi connectivity index (χ2v) is 6.09. The van der Waals surface area contributed by atoms with Gasteiger partial charge in [-0.3, -0.25) is 9.48 Å². The maximum Gasteiger partial charge on any atom is 0.264 e. The minimum atomic E-state index is -3.80. The molecule has 0 spiro atoms. The minimum Gasteiger partial charge on any atom is -0.359 e. The van der Waals surface area contributed by atoms with Gasteiger partial charge in [0.25, 0.3) is 9.05 Å². The van der Waals surface area contributed by atoms with E-state index in [1.54, 1.807) is 13.8 Å². The van der Waals surface area contributed by atoms with Gasteiger partial charge in [0, 0.05) is 24.2 Å². The van der Waals surface area contributed by atoms with Crippen molar-refractivity contribution in [3.05, 3.63) is 11.4 Å². The fourth-order valence-electron chi connectivity index (χ4n) is 1.58. The van der Waals surface area contributed by atoms with Gasteiger partial charge in [-0.15, -0.1) is 0 Å². The van der Waals surface area contributed by atoms with Gasteiger partial charge in [-0.2, -0.15) is 5.10 Å². The van der Waals surface area contributed by atoms with Gasteiger partial charge in [0.05, 0.1) is 17.9 Å². The van der Waals surface area contributed by atoms with E-state index < -0.39 is 9.05 Å². The Labute approximate surface area is 104 Å². The molecule has 8 heteroatoms. The molecule has 0 bridgehead atoms. The number of hydrogen-bond donors (Lipinski definition) is 1. The average Bonchev–Trinajstić information content (AvgIpc) is 2.49. The zero-order valence-corrected chi connectivity index (χ0v) is 11.4. The van der Waals surface area contributed by atoms with E-state index in [0.29, 0.717) is 17.9 Å². The van der Waals surface area contributed by atoms with Crippen molar-refractivity contribution < 1.29 is 13.2 Å². The quantitative estimate of drug-likeness (QED) is 0.817. The molecular weight excluding hydrogens is 266 g/mol. The number of nitrogens with one attached hydrogen (secondary N) is 1. The van der Waals surface area contributed by atoms with E-state index in [2.05, 4.69) is 10.4 Å². The van der Waals surface area contributed by atoms with E-state index in [9.17, 15) is 13.2 Å². The van der Waals surface area contributed by atoms with E-state index in [0.717, 1.165) is 0 Å². The van der Waals surface area contributed by atoms with Gasteiger partial charge in [-0.05, 0) is 13.8 Å². The molecule has 1 aromatic heterocycles. The molecule has 6 nitrogen and oxygen atoms in total. The number of carbonyl (C=O) groups is 1. The van der Waals surface area contributed by atoms with E-state index in [-0.39, 0.29) is 17.2 Å². The van der Waals surface area contributed by atoms with E-state index in [1.807, 2.05) is 0 Å². The van der Waals surface area contributed by atoms with Crippen LogP contribution in [0.3, 0.4) is 0 Å². The lowest BCUT2D eigenvalue weighted by molar-refractivity contribution is -0.120. The van der Waals surface area contributed by atoms with Crippen molar-refractivity contribution in [2.24, 2.45) is 0 Å². The van der Waals surface area contributed by atoms with Crippen LogP contribution in [0, 0.1) is 13.8 Å². The van der Waals surface area contributed by atoms with E-state index in [4.69, 9.17) is 10.7 Å². The molecule has 96 valence electrons. The molecule has 0 aliphatic heterocycles. The Morgan fingerprint density at radius 3 is 2.47 bits per heavy atom. The lowest BCUT2D eigenvalue weighted by Gasteiger charge is -2.03. The van der Waals surface area contributed by atoms with Crippen LogP contribution in [0.4, 0.5) is 0 Å². The fourth-order valence-corrected chi connectivity index (χ4v) is 3.11. The molecule has 0 fully saturated rings. The summed E-state index contributed by atoms with van der Waals surface area (Å²) < 4.78 is 24.1. The summed E-state index contributed by atoms with van der Waals surface area (Å²) in [7, 11) is 3.05. The van der Waals surface area contributed by atoms with Crippen molar-refractivity contribution in [2.75, 3.05) is 7.05 Å². The molecule has 0 saturated carbocycles. The minimum absolute atomic E-state index is 0.0241. The molecule has 17 heavy (non-hydrogen) atoms. The predicted octanol–water partition coefficient (Wildman–Crippen LogP) is 0.564. The number of aryl methyl sites for hydroxylation is 2. The van der Waals surface area contributed by atoms with Crippen LogP contribution in [0.25, 0.3) is 0 Å². The number of amides is 1. The summed E-state index contributed by atoms with van der Waals surface area (Å²) >= 11 is 0. The number of halogens is 1. The summed E-state index contributed by atoms with van der Waals surface area (Å²) in [6.07, 6.45) is 0.236. The van der Waals surface area contributed by atoms with Crippen LogP contribution in [0.5, 0.6) is 0 Å². The zero-order valence-electron chi connectivity index (χ0n) is 9.82. The number of rotatable bonds is 4. The van der Waals surface area contributed by atoms with E-state index >= 15 is 0 Å². The third-order valence-corrected chi connectivity index (χ3v) is 3.93. The lowest BCUT2D eigenvalue weighted by Crippen LogP contribution is -2.20. The molecule has 0 aliphatic carbocycles. The molecule has 0 radical (unpaired) electrons. The van der Waals surface area contributed by atoms with Crippen LogP contribution in [0.2, 0.25) is 0 Å². The average molecular weight is 280 g/mol. The number of aromatic nitrogens is 2. The monoisotopic (exact) mass is 279 g/mol. The number of carbonyl (C=O) groups excluding carboxylic acids is 1. The molecule has 1 amide bonds. The maximum absolute atomic E-state index is 11.3. The highest BCUT2D eigenvalue weighted by molar-refractivity contribution is 8.13. The lowest BCUT2D eigenvalue weighted by atomic mass is 10.3. The summed E-state index contributed by atoms with van der Waals surface area (Å²) in [4.78, 5) is 11.1. The Morgan fingerprint density at radius 1 is 1.47 bits per heavy atom. The molecule has 1 aromatic rings. The fraction of sp³-hybridized carbons (Fsp3) is 0.556. The highest BCUT2D eigenvalue weighted by atomic mass is 35.7. The van der Waals surface area contributed by atoms with Gasteiger partial charge in [-0.1, -0.05) is 0 Å². The largest absolute Gasteiger partial charge is 0.359 e. The first-order valence-corrected chi connectivity index (χ1v) is 7.27. The molecule has 0 atom stereocenters. The van der Waals surface area contributed by atoms with Crippen LogP contribution in [0.15, 0.2) is 4.90 Å². The maximum atomic E-state index is 11.3. The Bertz CT molecular complexity index is 536. The summed E-state index contributed by atoms with van der Waals surface area (Å²) in [6.45, 7) is 3.50. The SMILES string of the molecule is CNC(=O)CCn1nc(C)c(S(=O)(=O)Cl)c1C. The molecule has 0 aromatic carbocycles.